The predicted molar refractivity (Wildman–Crippen MR) is 78.3 cm³/mol. The van der Waals surface area contributed by atoms with Crippen LogP contribution < -0.4 is 10.6 Å². The number of amides is 1. The molecule has 3 rings (SSSR count). The molecule has 21 heavy (non-hydrogen) atoms. The third-order valence-corrected chi connectivity index (χ3v) is 3.85. The van der Waals surface area contributed by atoms with E-state index in [-0.39, 0.29) is 11.9 Å². The number of aromatic nitrogens is 3. The first-order chi connectivity index (χ1) is 10.3. The van der Waals surface area contributed by atoms with E-state index in [1.54, 1.807) is 6.33 Å². The number of aryl methyl sites for hydroxylation is 1. The van der Waals surface area contributed by atoms with Gasteiger partial charge in [-0.15, -0.1) is 10.2 Å². The van der Waals surface area contributed by atoms with Gasteiger partial charge >= 0.3 is 0 Å². The summed E-state index contributed by atoms with van der Waals surface area (Å²) in [6.07, 6.45) is 2.40. The third-order valence-electron chi connectivity index (χ3n) is 3.85. The zero-order valence-electron chi connectivity index (χ0n) is 12.0. The van der Waals surface area contributed by atoms with Crippen LogP contribution in [0.15, 0.2) is 30.6 Å². The van der Waals surface area contributed by atoms with E-state index in [9.17, 15) is 4.79 Å². The highest BCUT2D eigenvalue weighted by atomic mass is 16.2. The third kappa shape index (κ3) is 2.95. The maximum Gasteiger partial charge on any atom is 0.237 e. The molecule has 6 heteroatoms. The van der Waals surface area contributed by atoms with Crippen LogP contribution in [-0.2, 0) is 30.8 Å². The molecular formula is C15H19N5O. The van der Waals surface area contributed by atoms with Crippen molar-refractivity contribution in [3.8, 4) is 0 Å². The highest BCUT2D eigenvalue weighted by Crippen LogP contribution is 2.16. The van der Waals surface area contributed by atoms with Crippen LogP contribution in [0.2, 0.25) is 0 Å². The predicted octanol–water partition coefficient (Wildman–Crippen LogP) is 0.629. The van der Waals surface area contributed by atoms with Gasteiger partial charge in [0.2, 0.25) is 5.91 Å². The number of fused-ring (bicyclic) bond motifs is 1. The molecule has 0 unspecified atom stereocenters. The number of benzene rings is 1. The van der Waals surface area contributed by atoms with Crippen molar-refractivity contribution in [1.82, 2.24) is 25.4 Å². The lowest BCUT2D eigenvalue weighted by Gasteiger charge is -2.25. The van der Waals surface area contributed by atoms with Crippen molar-refractivity contribution in [3.63, 3.8) is 0 Å². The fourth-order valence-corrected chi connectivity index (χ4v) is 2.61. The van der Waals surface area contributed by atoms with E-state index in [2.05, 4.69) is 33.0 Å². The molecule has 2 N–H and O–H groups in total. The van der Waals surface area contributed by atoms with Gasteiger partial charge in [-0.25, -0.2) is 0 Å². The van der Waals surface area contributed by atoms with Crippen molar-refractivity contribution < 1.29 is 4.79 Å². The first-order valence-electron chi connectivity index (χ1n) is 7.22. The van der Waals surface area contributed by atoms with Crippen molar-refractivity contribution in [2.24, 2.45) is 0 Å². The van der Waals surface area contributed by atoms with E-state index in [1.165, 1.54) is 11.1 Å². The van der Waals surface area contributed by atoms with Gasteiger partial charge in [0.05, 0.1) is 12.6 Å². The Morgan fingerprint density at radius 3 is 3.05 bits per heavy atom. The molecule has 1 aromatic heterocycles. The Bertz CT molecular complexity index is 636. The fourth-order valence-electron chi connectivity index (χ4n) is 2.61. The number of hydrogen-bond donors (Lipinski definition) is 2. The van der Waals surface area contributed by atoms with Crippen LogP contribution in [0, 0.1) is 0 Å². The lowest BCUT2D eigenvalue weighted by molar-refractivity contribution is -0.123. The standard InChI is InChI=1S/C15H19N5O/c1-2-20-10-18-19-14(20)9-17-15(21)13-7-11-5-3-4-6-12(11)8-16-13/h3-6,10,13,16H,2,7-9H2,1H3,(H,17,21)/t13-/m0/s1. The summed E-state index contributed by atoms with van der Waals surface area (Å²) in [4.78, 5) is 12.3. The normalized spacial score (nSPS) is 17.3. The average Bonchev–Trinajstić information content (AvgIpc) is 2.99. The SMILES string of the molecule is CCn1cnnc1CNC(=O)[C@@H]1Cc2ccccc2CN1. The molecule has 1 aliphatic rings. The molecule has 0 aliphatic carbocycles. The van der Waals surface area contributed by atoms with Crippen LogP contribution >= 0.6 is 0 Å². The first kappa shape index (κ1) is 13.8. The Kier molecular flexibility index (Phi) is 3.96. The molecule has 110 valence electrons. The molecule has 0 saturated carbocycles. The number of nitrogens with zero attached hydrogens (tertiary/aromatic N) is 3. The summed E-state index contributed by atoms with van der Waals surface area (Å²) in [5, 5.41) is 14.1. The van der Waals surface area contributed by atoms with Gasteiger partial charge in [0.25, 0.3) is 0 Å². The van der Waals surface area contributed by atoms with E-state index in [1.807, 2.05) is 23.6 Å². The second-order valence-corrected chi connectivity index (χ2v) is 5.16. The van der Waals surface area contributed by atoms with E-state index < -0.39 is 0 Å². The van der Waals surface area contributed by atoms with Gasteiger partial charge in [-0.05, 0) is 24.5 Å². The van der Waals surface area contributed by atoms with E-state index in [0.717, 1.165) is 25.3 Å². The minimum Gasteiger partial charge on any atom is -0.347 e. The van der Waals surface area contributed by atoms with E-state index >= 15 is 0 Å². The maximum absolute atomic E-state index is 12.3. The van der Waals surface area contributed by atoms with Crippen LogP contribution in [0.4, 0.5) is 0 Å². The van der Waals surface area contributed by atoms with Crippen LogP contribution in [0.25, 0.3) is 0 Å². The van der Waals surface area contributed by atoms with Crippen LogP contribution in [0.1, 0.15) is 23.9 Å². The molecule has 0 radical (unpaired) electrons. The Balaban J connectivity index is 1.60. The van der Waals surface area contributed by atoms with Gasteiger partial charge in [-0.3, -0.25) is 4.79 Å². The van der Waals surface area contributed by atoms with Crippen LogP contribution in [-0.4, -0.2) is 26.7 Å². The van der Waals surface area contributed by atoms with Crippen molar-refractivity contribution >= 4 is 5.91 Å². The van der Waals surface area contributed by atoms with Crippen molar-refractivity contribution in [1.29, 1.82) is 0 Å². The summed E-state index contributed by atoms with van der Waals surface area (Å²) >= 11 is 0. The molecule has 0 fully saturated rings. The number of hydrogen-bond acceptors (Lipinski definition) is 4. The highest BCUT2D eigenvalue weighted by molar-refractivity contribution is 5.82. The number of carbonyl (C=O) groups is 1. The molecule has 6 nitrogen and oxygen atoms in total. The summed E-state index contributed by atoms with van der Waals surface area (Å²) in [5.74, 6) is 0.789. The molecule has 1 aliphatic heterocycles. The van der Waals surface area contributed by atoms with Gasteiger partial charge < -0.3 is 15.2 Å². The monoisotopic (exact) mass is 285 g/mol. The Morgan fingerprint density at radius 1 is 1.43 bits per heavy atom. The summed E-state index contributed by atoms with van der Waals surface area (Å²) in [7, 11) is 0. The Hall–Kier alpha value is -2.21. The maximum atomic E-state index is 12.3. The number of carbonyl (C=O) groups excluding carboxylic acids is 1. The number of rotatable bonds is 4. The quantitative estimate of drug-likeness (QED) is 0.864. The minimum atomic E-state index is -0.183. The number of nitrogens with one attached hydrogen (secondary N) is 2. The minimum absolute atomic E-state index is 0.00940. The highest BCUT2D eigenvalue weighted by Gasteiger charge is 2.23. The molecular weight excluding hydrogens is 266 g/mol. The van der Waals surface area contributed by atoms with Gasteiger partial charge in [-0.1, -0.05) is 24.3 Å². The smallest absolute Gasteiger partial charge is 0.237 e. The van der Waals surface area contributed by atoms with Gasteiger partial charge in [0.1, 0.15) is 6.33 Å². The zero-order valence-corrected chi connectivity index (χ0v) is 12.0. The van der Waals surface area contributed by atoms with Gasteiger partial charge in [0.15, 0.2) is 5.82 Å². The lowest BCUT2D eigenvalue weighted by atomic mass is 9.95. The van der Waals surface area contributed by atoms with Crippen LogP contribution in [0.5, 0.6) is 0 Å². The second kappa shape index (κ2) is 6.05. The van der Waals surface area contributed by atoms with Crippen LogP contribution in [0.3, 0.4) is 0 Å². The van der Waals surface area contributed by atoms with Gasteiger partial charge in [-0.2, -0.15) is 0 Å². The molecule has 1 aromatic carbocycles. The molecule has 2 heterocycles. The van der Waals surface area contributed by atoms with Crippen molar-refractivity contribution in [3.05, 3.63) is 47.5 Å². The fraction of sp³-hybridized carbons (Fsp3) is 0.400. The van der Waals surface area contributed by atoms with Gasteiger partial charge in [0, 0.05) is 13.1 Å². The zero-order chi connectivity index (χ0) is 14.7. The topological polar surface area (TPSA) is 71.8 Å². The molecule has 0 saturated heterocycles. The molecule has 0 bridgehead atoms. The first-order valence-corrected chi connectivity index (χ1v) is 7.22. The average molecular weight is 285 g/mol. The molecule has 1 atom stereocenters. The lowest BCUT2D eigenvalue weighted by Crippen LogP contribution is -2.47. The Labute approximate surface area is 123 Å². The van der Waals surface area contributed by atoms with Crippen molar-refractivity contribution in [2.75, 3.05) is 0 Å². The second-order valence-electron chi connectivity index (χ2n) is 5.16. The summed E-state index contributed by atoms with van der Waals surface area (Å²) in [6.45, 7) is 3.97. The molecule has 1 amide bonds. The summed E-state index contributed by atoms with van der Waals surface area (Å²) < 4.78 is 1.92. The van der Waals surface area contributed by atoms with E-state index in [4.69, 9.17) is 0 Å². The van der Waals surface area contributed by atoms with E-state index in [0.29, 0.717) is 6.54 Å². The Morgan fingerprint density at radius 2 is 2.24 bits per heavy atom. The largest absolute Gasteiger partial charge is 0.347 e. The summed E-state index contributed by atoms with van der Waals surface area (Å²) in [6, 6.07) is 8.05. The molecule has 2 aromatic rings. The summed E-state index contributed by atoms with van der Waals surface area (Å²) in [5.41, 5.74) is 2.51. The van der Waals surface area contributed by atoms with Crippen molar-refractivity contribution in [2.45, 2.75) is 39.0 Å². The molecule has 0 spiro atoms.